The number of likely N-dealkylation sites (N-methyl/N-ethyl adjacent to an activating group) is 1. The molecule has 2 aliphatic rings. The molecule has 0 aromatic heterocycles. The average Bonchev–Trinajstić information content (AvgIpc) is 3.15. The highest BCUT2D eigenvalue weighted by molar-refractivity contribution is 6.21. The minimum atomic E-state index is -0.308. The minimum absolute atomic E-state index is 0.118. The molecule has 5 rings (SSSR count). The van der Waals surface area contributed by atoms with Crippen molar-refractivity contribution >= 4 is 29.1 Å². The summed E-state index contributed by atoms with van der Waals surface area (Å²) in [7, 11) is 0. The van der Waals surface area contributed by atoms with Gasteiger partial charge in [-0.1, -0.05) is 31.2 Å². The maximum atomic E-state index is 13.0. The van der Waals surface area contributed by atoms with Gasteiger partial charge in [0.25, 0.3) is 17.7 Å². The van der Waals surface area contributed by atoms with Crippen LogP contribution >= 0.6 is 0 Å². The lowest BCUT2D eigenvalue weighted by atomic mass is 10.1. The third-order valence-electron chi connectivity index (χ3n) is 7.05. The number of fused-ring (bicyclic) bond motifs is 1. The summed E-state index contributed by atoms with van der Waals surface area (Å²) in [5, 5.41) is 3.01. The molecule has 7 heteroatoms. The summed E-state index contributed by atoms with van der Waals surface area (Å²) in [5.41, 5.74) is 4.97. The topological polar surface area (TPSA) is 73.0 Å². The van der Waals surface area contributed by atoms with Gasteiger partial charge in [-0.2, -0.15) is 0 Å². The number of hydrogen-bond donors (Lipinski definition) is 1. The van der Waals surface area contributed by atoms with Crippen molar-refractivity contribution in [2.45, 2.75) is 20.4 Å². The Morgan fingerprint density at radius 2 is 1.56 bits per heavy atom. The van der Waals surface area contributed by atoms with E-state index >= 15 is 0 Å². The molecule has 3 aromatic rings. The second kappa shape index (κ2) is 9.95. The van der Waals surface area contributed by atoms with Crippen LogP contribution in [0, 0.1) is 6.92 Å². The molecular weight excluding hydrogens is 452 g/mol. The van der Waals surface area contributed by atoms with Crippen molar-refractivity contribution in [3.63, 3.8) is 0 Å². The highest BCUT2D eigenvalue weighted by Gasteiger charge is 2.35. The van der Waals surface area contributed by atoms with Gasteiger partial charge in [0.15, 0.2) is 0 Å². The fraction of sp³-hybridized carbons (Fsp3) is 0.276. The van der Waals surface area contributed by atoms with Gasteiger partial charge < -0.3 is 15.1 Å². The number of imide groups is 1. The van der Waals surface area contributed by atoms with Crippen molar-refractivity contribution in [3.8, 4) is 0 Å². The maximum absolute atomic E-state index is 13.0. The number of benzene rings is 3. The van der Waals surface area contributed by atoms with Crippen LogP contribution in [0.2, 0.25) is 0 Å². The smallest absolute Gasteiger partial charge is 0.261 e. The molecular formula is C29H30N4O3. The van der Waals surface area contributed by atoms with E-state index in [1.165, 1.54) is 10.6 Å². The first-order valence-electron chi connectivity index (χ1n) is 12.4. The second-order valence-corrected chi connectivity index (χ2v) is 9.32. The van der Waals surface area contributed by atoms with E-state index in [9.17, 15) is 14.4 Å². The van der Waals surface area contributed by atoms with Gasteiger partial charge in [0.2, 0.25) is 0 Å². The van der Waals surface area contributed by atoms with E-state index in [2.05, 4.69) is 34.2 Å². The zero-order valence-electron chi connectivity index (χ0n) is 20.7. The molecule has 0 saturated carbocycles. The molecule has 36 heavy (non-hydrogen) atoms. The Morgan fingerprint density at radius 3 is 2.19 bits per heavy atom. The van der Waals surface area contributed by atoms with Gasteiger partial charge in [-0.25, -0.2) is 0 Å². The van der Waals surface area contributed by atoms with Crippen LogP contribution in [0.15, 0.2) is 66.7 Å². The number of hydrogen-bond acceptors (Lipinski definition) is 5. The molecule has 0 spiro atoms. The van der Waals surface area contributed by atoms with Crippen LogP contribution in [0.3, 0.4) is 0 Å². The minimum Gasteiger partial charge on any atom is -0.369 e. The summed E-state index contributed by atoms with van der Waals surface area (Å²) in [6.45, 7) is 9.51. The Bertz CT molecular complexity index is 1290. The predicted molar refractivity (Wildman–Crippen MR) is 141 cm³/mol. The van der Waals surface area contributed by atoms with Crippen molar-refractivity contribution < 1.29 is 14.4 Å². The van der Waals surface area contributed by atoms with Crippen molar-refractivity contribution in [2.75, 3.05) is 42.9 Å². The molecule has 3 aromatic carbocycles. The fourth-order valence-electron chi connectivity index (χ4n) is 4.88. The van der Waals surface area contributed by atoms with Gasteiger partial charge in [-0.3, -0.25) is 19.3 Å². The monoisotopic (exact) mass is 482 g/mol. The van der Waals surface area contributed by atoms with Crippen LogP contribution in [0.25, 0.3) is 0 Å². The summed E-state index contributed by atoms with van der Waals surface area (Å²) < 4.78 is 0. The normalized spacial score (nSPS) is 15.8. The number of carbonyl (C=O) groups is 3. The van der Waals surface area contributed by atoms with Gasteiger partial charge in [0, 0.05) is 43.1 Å². The van der Waals surface area contributed by atoms with Gasteiger partial charge >= 0.3 is 0 Å². The van der Waals surface area contributed by atoms with Crippen molar-refractivity contribution in [1.29, 1.82) is 0 Å². The Balaban J connectivity index is 1.26. The standard InChI is InChI=1S/C29H30N4O3/c1-3-31-13-15-32(16-14-31)23-11-12-26(20(2)17-23)30-27(34)22-8-6-7-21(18-22)19-33-28(35)24-9-4-5-10-25(24)29(33)36/h4-12,17-18H,3,13-16,19H2,1-2H3,(H,30,34). The predicted octanol–water partition coefficient (Wildman–Crippen LogP) is 4.19. The number of piperazine rings is 1. The second-order valence-electron chi connectivity index (χ2n) is 9.32. The molecule has 2 aliphatic heterocycles. The molecule has 0 radical (unpaired) electrons. The molecule has 0 unspecified atom stereocenters. The van der Waals surface area contributed by atoms with Gasteiger partial charge in [-0.05, 0) is 67.1 Å². The fourth-order valence-corrected chi connectivity index (χ4v) is 4.88. The average molecular weight is 483 g/mol. The molecule has 3 amide bonds. The van der Waals surface area contributed by atoms with Crippen molar-refractivity contribution in [2.24, 2.45) is 0 Å². The number of rotatable bonds is 6. The molecule has 184 valence electrons. The van der Waals surface area contributed by atoms with E-state index < -0.39 is 0 Å². The number of nitrogens with one attached hydrogen (secondary N) is 1. The SMILES string of the molecule is CCN1CCN(c2ccc(NC(=O)c3cccc(CN4C(=O)c5ccccc5C4=O)c3)c(C)c2)CC1. The quantitative estimate of drug-likeness (QED) is 0.534. The first kappa shape index (κ1) is 23.8. The van der Waals surface area contributed by atoms with Crippen molar-refractivity contribution in [1.82, 2.24) is 9.80 Å². The first-order valence-corrected chi connectivity index (χ1v) is 12.4. The van der Waals surface area contributed by atoms with E-state index in [0.717, 1.165) is 49.5 Å². The summed E-state index contributed by atoms with van der Waals surface area (Å²) in [4.78, 5) is 44.5. The van der Waals surface area contributed by atoms with E-state index in [1.54, 1.807) is 42.5 Å². The molecule has 7 nitrogen and oxygen atoms in total. The molecule has 0 aliphatic carbocycles. The van der Waals surface area contributed by atoms with Gasteiger partial charge in [0.1, 0.15) is 0 Å². The summed E-state index contributed by atoms with van der Waals surface area (Å²) >= 11 is 0. The molecule has 0 atom stereocenters. The lowest BCUT2D eigenvalue weighted by Crippen LogP contribution is -2.46. The highest BCUT2D eigenvalue weighted by Crippen LogP contribution is 2.26. The molecule has 1 fully saturated rings. The largest absolute Gasteiger partial charge is 0.369 e. The van der Waals surface area contributed by atoms with E-state index in [0.29, 0.717) is 16.7 Å². The number of carbonyl (C=O) groups excluding carboxylic acids is 3. The third-order valence-corrected chi connectivity index (χ3v) is 7.05. The molecule has 0 bridgehead atoms. The van der Waals surface area contributed by atoms with Crippen LogP contribution < -0.4 is 10.2 Å². The number of anilines is 2. The zero-order chi connectivity index (χ0) is 25.2. The van der Waals surface area contributed by atoms with Gasteiger partial charge in [0.05, 0.1) is 17.7 Å². The van der Waals surface area contributed by atoms with Crippen LogP contribution in [-0.4, -0.2) is 60.2 Å². The first-order chi connectivity index (χ1) is 17.4. The summed E-state index contributed by atoms with van der Waals surface area (Å²) in [6, 6.07) is 20.0. The number of aryl methyl sites for hydroxylation is 1. The third kappa shape index (κ3) is 4.62. The van der Waals surface area contributed by atoms with Crippen LogP contribution in [0.5, 0.6) is 0 Å². The van der Waals surface area contributed by atoms with Gasteiger partial charge in [-0.15, -0.1) is 0 Å². The number of nitrogens with zero attached hydrogens (tertiary/aromatic N) is 3. The van der Waals surface area contributed by atoms with Crippen LogP contribution in [0.4, 0.5) is 11.4 Å². The van der Waals surface area contributed by atoms with E-state index in [-0.39, 0.29) is 24.3 Å². The Kier molecular flexibility index (Phi) is 6.57. The maximum Gasteiger partial charge on any atom is 0.261 e. The Morgan fingerprint density at radius 1 is 0.861 bits per heavy atom. The van der Waals surface area contributed by atoms with Crippen molar-refractivity contribution in [3.05, 3.63) is 94.5 Å². The van der Waals surface area contributed by atoms with Crippen LogP contribution in [0.1, 0.15) is 49.1 Å². The summed E-state index contributed by atoms with van der Waals surface area (Å²) in [6.07, 6.45) is 0. The van der Waals surface area contributed by atoms with E-state index in [1.807, 2.05) is 19.1 Å². The number of amides is 3. The van der Waals surface area contributed by atoms with Crippen LogP contribution in [-0.2, 0) is 6.54 Å². The molecule has 1 N–H and O–H groups in total. The lowest BCUT2D eigenvalue weighted by Gasteiger charge is -2.35. The highest BCUT2D eigenvalue weighted by atomic mass is 16.2. The van der Waals surface area contributed by atoms with E-state index in [4.69, 9.17) is 0 Å². The molecule has 2 heterocycles. The Hall–Kier alpha value is -3.97. The Labute approximate surface area is 211 Å². The summed E-state index contributed by atoms with van der Waals surface area (Å²) in [5.74, 6) is -0.846. The zero-order valence-corrected chi connectivity index (χ0v) is 20.7. The molecule has 1 saturated heterocycles. The lowest BCUT2D eigenvalue weighted by molar-refractivity contribution is 0.0642.